The number of nitrogens with zero attached hydrogens (tertiary/aromatic N) is 4. The molecule has 3 heterocycles. The Labute approximate surface area is 141 Å². The first-order chi connectivity index (χ1) is 11.8. The average Bonchev–Trinajstić information content (AvgIpc) is 2.62. The Morgan fingerprint density at radius 3 is 3.04 bits per heavy atom. The molecule has 6 heteroatoms. The first kappa shape index (κ1) is 15.7. The van der Waals surface area contributed by atoms with E-state index in [0.29, 0.717) is 28.8 Å². The van der Waals surface area contributed by atoms with E-state index in [1.807, 2.05) is 6.07 Å². The number of halogens is 1. The molecular weight excluding hydrogens is 307 g/mol. The van der Waals surface area contributed by atoms with Gasteiger partial charge in [-0.2, -0.15) is 0 Å². The van der Waals surface area contributed by atoms with Gasteiger partial charge in [0, 0.05) is 25.7 Å². The number of piperazine rings is 1. The molecule has 2 fully saturated rings. The third-order valence-electron chi connectivity index (χ3n) is 5.13. The Balaban J connectivity index is 1.61. The van der Waals surface area contributed by atoms with Crippen LogP contribution in [0.1, 0.15) is 19.8 Å². The maximum absolute atomic E-state index is 14.4. The van der Waals surface area contributed by atoms with Gasteiger partial charge >= 0.3 is 0 Å². The van der Waals surface area contributed by atoms with Crippen molar-refractivity contribution in [2.45, 2.75) is 31.8 Å². The Morgan fingerprint density at radius 2 is 2.17 bits per heavy atom. The predicted molar refractivity (Wildman–Crippen MR) is 91.7 cm³/mol. The lowest BCUT2D eigenvalue weighted by molar-refractivity contribution is -0.0558. The van der Waals surface area contributed by atoms with Crippen molar-refractivity contribution in [2.75, 3.05) is 37.7 Å². The summed E-state index contributed by atoms with van der Waals surface area (Å²) in [4.78, 5) is 13.4. The van der Waals surface area contributed by atoms with E-state index >= 15 is 0 Å². The molecule has 0 radical (unpaired) electrons. The van der Waals surface area contributed by atoms with E-state index < -0.39 is 0 Å². The van der Waals surface area contributed by atoms with Crippen LogP contribution >= 0.6 is 0 Å². The Bertz CT molecular complexity index is 718. The maximum atomic E-state index is 14.4. The van der Waals surface area contributed by atoms with E-state index in [-0.39, 0.29) is 5.82 Å². The molecule has 1 aromatic carbocycles. The lowest BCUT2D eigenvalue weighted by Crippen LogP contribution is -2.62. The highest BCUT2D eigenvalue weighted by atomic mass is 19.1. The summed E-state index contributed by atoms with van der Waals surface area (Å²) in [6.07, 6.45) is 3.87. The molecule has 5 nitrogen and oxygen atoms in total. The first-order valence-electron chi connectivity index (χ1n) is 8.75. The van der Waals surface area contributed by atoms with E-state index in [0.717, 1.165) is 32.8 Å². The highest BCUT2D eigenvalue weighted by Gasteiger charge is 2.36. The van der Waals surface area contributed by atoms with Gasteiger partial charge in [-0.05, 0) is 18.6 Å². The summed E-state index contributed by atoms with van der Waals surface area (Å²) in [6, 6.07) is 5.86. The van der Waals surface area contributed by atoms with Crippen LogP contribution < -0.4 is 4.90 Å². The van der Waals surface area contributed by atoms with Gasteiger partial charge < -0.3 is 9.64 Å². The minimum absolute atomic E-state index is 0.255. The normalized spacial score (nSPS) is 25.0. The van der Waals surface area contributed by atoms with Gasteiger partial charge in [0.15, 0.2) is 0 Å². The van der Waals surface area contributed by atoms with Crippen LogP contribution in [0.2, 0.25) is 0 Å². The van der Waals surface area contributed by atoms with Gasteiger partial charge in [0.25, 0.3) is 0 Å². The van der Waals surface area contributed by atoms with Crippen molar-refractivity contribution in [3.05, 3.63) is 30.3 Å². The van der Waals surface area contributed by atoms with Crippen molar-refractivity contribution in [3.63, 3.8) is 0 Å². The average molecular weight is 330 g/mol. The highest BCUT2D eigenvalue weighted by molar-refractivity contribution is 5.89. The van der Waals surface area contributed by atoms with E-state index in [4.69, 9.17) is 4.74 Å². The van der Waals surface area contributed by atoms with Crippen LogP contribution in [0.15, 0.2) is 24.5 Å². The summed E-state index contributed by atoms with van der Waals surface area (Å²) in [7, 11) is 0. The lowest BCUT2D eigenvalue weighted by atomic mass is 10.0. The van der Waals surface area contributed by atoms with Crippen LogP contribution in [0, 0.1) is 5.82 Å². The lowest BCUT2D eigenvalue weighted by Gasteiger charge is -2.48. The summed E-state index contributed by atoms with van der Waals surface area (Å²) in [5, 5.41) is 0.523. The highest BCUT2D eigenvalue weighted by Crippen LogP contribution is 2.29. The van der Waals surface area contributed by atoms with Gasteiger partial charge in [-0.25, -0.2) is 14.4 Å². The van der Waals surface area contributed by atoms with Gasteiger partial charge in [0.2, 0.25) is 0 Å². The molecule has 24 heavy (non-hydrogen) atoms. The number of aromatic nitrogens is 2. The summed E-state index contributed by atoms with van der Waals surface area (Å²) in [5.41, 5.74) is 0.659. The van der Waals surface area contributed by atoms with Gasteiger partial charge in [-0.15, -0.1) is 0 Å². The smallest absolute Gasteiger partial charge is 0.142 e. The fourth-order valence-electron chi connectivity index (χ4n) is 4.00. The Hall–Kier alpha value is -1.79. The van der Waals surface area contributed by atoms with Crippen molar-refractivity contribution in [2.24, 2.45) is 0 Å². The van der Waals surface area contributed by atoms with E-state index in [9.17, 15) is 4.39 Å². The quantitative estimate of drug-likeness (QED) is 0.865. The molecule has 2 aromatic rings. The number of rotatable bonds is 3. The predicted octanol–water partition coefficient (Wildman–Crippen LogP) is 2.46. The van der Waals surface area contributed by atoms with Crippen LogP contribution in [0.25, 0.3) is 10.9 Å². The third kappa shape index (κ3) is 2.74. The summed E-state index contributed by atoms with van der Waals surface area (Å²) < 4.78 is 20.2. The minimum atomic E-state index is -0.255. The second-order valence-corrected chi connectivity index (χ2v) is 6.65. The zero-order chi connectivity index (χ0) is 16.5. The standard InChI is InChI=1S/C18H23FN4O/c1-2-4-13-10-24-11-14-9-22(7-8-23(13)14)18-17-15(19)5-3-6-16(17)20-12-21-18/h3,5-6,12-14H,2,4,7-11H2,1H3/t13-,14+/m0/s1. The fourth-order valence-corrected chi connectivity index (χ4v) is 4.00. The monoisotopic (exact) mass is 330 g/mol. The number of morpholine rings is 1. The Kier molecular flexibility index (Phi) is 4.33. The zero-order valence-corrected chi connectivity index (χ0v) is 14.0. The van der Waals surface area contributed by atoms with Gasteiger partial charge in [0.1, 0.15) is 18.0 Å². The van der Waals surface area contributed by atoms with Crippen LogP contribution in [0.4, 0.5) is 10.2 Å². The second kappa shape index (κ2) is 6.61. The van der Waals surface area contributed by atoms with Crippen LogP contribution in [0.5, 0.6) is 0 Å². The Morgan fingerprint density at radius 1 is 1.25 bits per heavy atom. The summed E-state index contributed by atoms with van der Waals surface area (Å²) in [5.74, 6) is 0.449. The molecule has 4 rings (SSSR count). The van der Waals surface area contributed by atoms with Crippen molar-refractivity contribution in [3.8, 4) is 0 Å². The molecule has 0 saturated carbocycles. The number of benzene rings is 1. The van der Waals surface area contributed by atoms with Gasteiger partial charge in [0.05, 0.1) is 30.2 Å². The number of fused-ring (bicyclic) bond motifs is 2. The molecule has 0 amide bonds. The number of hydrogen-bond donors (Lipinski definition) is 0. The molecule has 0 N–H and O–H groups in total. The van der Waals surface area contributed by atoms with E-state index in [1.54, 1.807) is 6.07 Å². The van der Waals surface area contributed by atoms with Crippen LogP contribution in [0.3, 0.4) is 0 Å². The SMILES string of the molecule is CCC[C@H]1COC[C@H]2CN(c3ncnc4cccc(F)c34)CCN12. The molecule has 0 bridgehead atoms. The molecule has 2 aliphatic rings. The van der Waals surface area contributed by atoms with Crippen molar-refractivity contribution >= 4 is 16.7 Å². The maximum Gasteiger partial charge on any atom is 0.142 e. The minimum Gasteiger partial charge on any atom is -0.378 e. The van der Waals surface area contributed by atoms with Crippen LogP contribution in [-0.4, -0.2) is 59.8 Å². The number of anilines is 1. The number of ether oxygens (including phenoxy) is 1. The molecular formula is C18H23FN4O. The molecule has 2 atom stereocenters. The second-order valence-electron chi connectivity index (χ2n) is 6.65. The number of hydrogen-bond acceptors (Lipinski definition) is 5. The first-order valence-corrected chi connectivity index (χ1v) is 8.75. The molecule has 2 saturated heterocycles. The van der Waals surface area contributed by atoms with Crippen molar-refractivity contribution in [1.29, 1.82) is 0 Å². The van der Waals surface area contributed by atoms with Gasteiger partial charge in [-0.3, -0.25) is 4.90 Å². The summed E-state index contributed by atoms with van der Waals surface area (Å²) in [6.45, 7) is 6.43. The molecule has 1 aromatic heterocycles. The van der Waals surface area contributed by atoms with Crippen molar-refractivity contribution < 1.29 is 9.13 Å². The van der Waals surface area contributed by atoms with Crippen LogP contribution in [-0.2, 0) is 4.74 Å². The topological polar surface area (TPSA) is 41.5 Å². The third-order valence-corrected chi connectivity index (χ3v) is 5.13. The zero-order valence-electron chi connectivity index (χ0n) is 14.0. The molecule has 0 unspecified atom stereocenters. The molecule has 0 aliphatic carbocycles. The summed E-state index contributed by atoms with van der Waals surface area (Å²) >= 11 is 0. The largest absolute Gasteiger partial charge is 0.378 e. The molecule has 0 spiro atoms. The molecule has 128 valence electrons. The fraction of sp³-hybridized carbons (Fsp3) is 0.556. The van der Waals surface area contributed by atoms with E-state index in [1.165, 1.54) is 25.2 Å². The van der Waals surface area contributed by atoms with Crippen molar-refractivity contribution in [1.82, 2.24) is 14.9 Å². The van der Waals surface area contributed by atoms with E-state index in [2.05, 4.69) is 26.7 Å². The molecule has 2 aliphatic heterocycles. The van der Waals surface area contributed by atoms with Gasteiger partial charge in [-0.1, -0.05) is 19.4 Å².